The molecule has 0 N–H and O–H groups in total. The number of ether oxygens (including phenoxy) is 7. The van der Waals surface area contributed by atoms with Crippen LogP contribution in [0.5, 0.6) is 0 Å². The summed E-state index contributed by atoms with van der Waals surface area (Å²) in [5, 5.41) is 0. The fraction of sp³-hybridized carbons (Fsp3) is 0.524. The van der Waals surface area contributed by atoms with E-state index in [0.29, 0.717) is 84.4 Å². The van der Waals surface area contributed by atoms with Gasteiger partial charge < -0.3 is 33.2 Å². The summed E-state index contributed by atoms with van der Waals surface area (Å²) in [6, 6.07) is 30.3. The molecule has 276 valence electrons. The molecule has 2 fully saturated rings. The average molecular weight is 703 g/mol. The van der Waals surface area contributed by atoms with E-state index in [1.54, 1.807) is 0 Å². The first-order valence-corrected chi connectivity index (χ1v) is 18.4. The summed E-state index contributed by atoms with van der Waals surface area (Å²) in [6.07, 6.45) is 3.76. The van der Waals surface area contributed by atoms with Gasteiger partial charge in [0.25, 0.3) is 0 Å². The zero-order chi connectivity index (χ0) is 35.7. The highest BCUT2D eigenvalue weighted by Crippen LogP contribution is 2.32. The minimum absolute atomic E-state index is 0.113. The van der Waals surface area contributed by atoms with Crippen LogP contribution in [0.1, 0.15) is 81.9 Å². The van der Waals surface area contributed by atoms with Crippen LogP contribution in [0.4, 0.5) is 0 Å². The molecule has 0 aromatic heterocycles. The van der Waals surface area contributed by atoms with E-state index in [4.69, 9.17) is 33.2 Å². The lowest BCUT2D eigenvalue weighted by molar-refractivity contribution is -0.169. The van der Waals surface area contributed by atoms with Crippen molar-refractivity contribution in [3.63, 3.8) is 0 Å². The number of hydrogen-bond donors (Lipinski definition) is 0. The maximum Gasteiger partial charge on any atom is 0.302 e. The van der Waals surface area contributed by atoms with Crippen LogP contribution in [0.2, 0.25) is 0 Å². The third kappa shape index (κ3) is 14.5. The lowest BCUT2D eigenvalue weighted by Gasteiger charge is -2.39. The molecule has 2 aliphatic heterocycles. The van der Waals surface area contributed by atoms with Gasteiger partial charge in [0.05, 0.1) is 50.3 Å². The van der Waals surface area contributed by atoms with Gasteiger partial charge in [-0.25, -0.2) is 0 Å². The molecule has 0 unspecified atom stereocenters. The standard InChI is InChI=1S/C42H54O9/c1-31(43)48-39-22-36(18-20-45-28-33-12-6-3-7-13-33)50-41(26-39)24-38(47-30-35-16-10-5-11-17-35)25-42-27-40(49-32(2)44)23-37(51-42)19-21-46-29-34-14-8-4-9-15-34/h3-17,36-42H,18-30H2,1-2H3/t36-,37-,39+,40+,41+,42+/m1/s1. The Hall–Kier alpha value is -3.60. The summed E-state index contributed by atoms with van der Waals surface area (Å²) >= 11 is 0. The highest BCUT2D eigenvalue weighted by Gasteiger charge is 2.36. The van der Waals surface area contributed by atoms with Crippen molar-refractivity contribution in [1.29, 1.82) is 0 Å². The molecule has 9 nitrogen and oxygen atoms in total. The summed E-state index contributed by atoms with van der Waals surface area (Å²) in [7, 11) is 0. The van der Waals surface area contributed by atoms with Crippen LogP contribution in [-0.2, 0) is 62.6 Å². The van der Waals surface area contributed by atoms with E-state index in [0.717, 1.165) is 16.7 Å². The van der Waals surface area contributed by atoms with Crippen molar-refractivity contribution in [2.24, 2.45) is 0 Å². The summed E-state index contributed by atoms with van der Waals surface area (Å²) < 4.78 is 43.3. The lowest BCUT2D eigenvalue weighted by atomic mass is 9.91. The molecule has 0 bridgehead atoms. The van der Waals surface area contributed by atoms with Crippen LogP contribution in [0.15, 0.2) is 91.0 Å². The van der Waals surface area contributed by atoms with Gasteiger partial charge in [0.2, 0.25) is 0 Å². The SMILES string of the molecule is CC(=O)O[C@H]1C[C@@H](CCOCc2ccccc2)O[C@@H](CC(C[C@H]2C[C@@H](OC(C)=O)C[C@@H](CCOCc3ccccc3)O2)OCc2ccccc2)C1. The minimum atomic E-state index is -0.289. The van der Waals surface area contributed by atoms with Crippen molar-refractivity contribution in [2.75, 3.05) is 13.2 Å². The van der Waals surface area contributed by atoms with Crippen LogP contribution in [0.3, 0.4) is 0 Å². The van der Waals surface area contributed by atoms with Gasteiger partial charge in [-0.05, 0) is 29.5 Å². The Morgan fingerprint density at radius 1 is 0.569 bits per heavy atom. The van der Waals surface area contributed by atoms with Crippen molar-refractivity contribution < 1.29 is 42.7 Å². The van der Waals surface area contributed by atoms with Crippen molar-refractivity contribution in [1.82, 2.24) is 0 Å². The van der Waals surface area contributed by atoms with Crippen LogP contribution in [0, 0.1) is 0 Å². The van der Waals surface area contributed by atoms with Crippen LogP contribution in [0.25, 0.3) is 0 Å². The summed E-state index contributed by atoms with van der Waals surface area (Å²) in [5.41, 5.74) is 3.33. The molecule has 0 saturated carbocycles. The predicted octanol–water partition coefficient (Wildman–Crippen LogP) is 7.52. The first-order chi connectivity index (χ1) is 24.9. The molecule has 3 aromatic carbocycles. The molecule has 2 saturated heterocycles. The van der Waals surface area contributed by atoms with Gasteiger partial charge in [0, 0.05) is 65.6 Å². The highest BCUT2D eigenvalue weighted by molar-refractivity contribution is 5.66. The van der Waals surface area contributed by atoms with E-state index in [2.05, 4.69) is 12.1 Å². The molecule has 0 amide bonds. The summed E-state index contributed by atoms with van der Waals surface area (Å²) in [5.74, 6) is -0.579. The Morgan fingerprint density at radius 2 is 0.941 bits per heavy atom. The molecule has 5 rings (SSSR count). The van der Waals surface area contributed by atoms with Gasteiger partial charge in [0.15, 0.2) is 0 Å². The largest absolute Gasteiger partial charge is 0.462 e. The van der Waals surface area contributed by atoms with E-state index >= 15 is 0 Å². The predicted molar refractivity (Wildman–Crippen MR) is 193 cm³/mol. The quantitative estimate of drug-likeness (QED) is 0.0928. The second kappa shape index (κ2) is 21.1. The van der Waals surface area contributed by atoms with Crippen LogP contribution < -0.4 is 0 Å². The summed E-state index contributed by atoms with van der Waals surface area (Å²) in [4.78, 5) is 24.0. The average Bonchev–Trinajstić information content (AvgIpc) is 3.11. The maximum absolute atomic E-state index is 12.0. The molecular weight excluding hydrogens is 648 g/mol. The van der Waals surface area contributed by atoms with E-state index < -0.39 is 0 Å². The highest BCUT2D eigenvalue weighted by atomic mass is 16.6. The Kier molecular flexibility index (Phi) is 15.9. The zero-order valence-electron chi connectivity index (χ0n) is 30.1. The number of benzene rings is 3. The van der Waals surface area contributed by atoms with Crippen molar-refractivity contribution >= 4 is 11.9 Å². The van der Waals surface area contributed by atoms with Gasteiger partial charge in [-0.1, -0.05) is 91.0 Å². The Morgan fingerprint density at radius 3 is 1.33 bits per heavy atom. The zero-order valence-corrected chi connectivity index (χ0v) is 30.1. The molecular formula is C42H54O9. The first kappa shape index (κ1) is 38.6. The number of rotatable bonds is 19. The molecule has 9 heteroatoms. The summed E-state index contributed by atoms with van der Waals surface area (Å²) in [6.45, 7) is 5.51. The number of carbonyl (C=O) groups excluding carboxylic acids is 2. The second-order valence-electron chi connectivity index (χ2n) is 13.7. The molecule has 0 radical (unpaired) electrons. The third-order valence-corrected chi connectivity index (χ3v) is 9.31. The first-order valence-electron chi connectivity index (χ1n) is 18.4. The molecule has 0 aliphatic carbocycles. The normalized spacial score (nSPS) is 23.5. The molecule has 2 heterocycles. The van der Waals surface area contributed by atoms with Crippen LogP contribution >= 0.6 is 0 Å². The van der Waals surface area contributed by atoms with E-state index in [1.807, 2.05) is 78.9 Å². The molecule has 2 aliphatic rings. The number of hydrogen-bond acceptors (Lipinski definition) is 9. The fourth-order valence-corrected chi connectivity index (χ4v) is 7.03. The minimum Gasteiger partial charge on any atom is -0.462 e. The smallest absolute Gasteiger partial charge is 0.302 e. The Bertz CT molecular complexity index is 1330. The van der Waals surface area contributed by atoms with Crippen molar-refractivity contribution in [3.05, 3.63) is 108 Å². The number of carbonyl (C=O) groups is 2. The van der Waals surface area contributed by atoms with Gasteiger partial charge in [-0.15, -0.1) is 0 Å². The second-order valence-corrected chi connectivity index (χ2v) is 13.7. The van der Waals surface area contributed by atoms with Crippen molar-refractivity contribution in [3.8, 4) is 0 Å². The third-order valence-electron chi connectivity index (χ3n) is 9.31. The number of esters is 2. The van der Waals surface area contributed by atoms with Gasteiger partial charge in [-0.3, -0.25) is 9.59 Å². The van der Waals surface area contributed by atoms with Gasteiger partial charge in [0.1, 0.15) is 12.2 Å². The lowest BCUT2D eigenvalue weighted by Crippen LogP contribution is -2.42. The van der Waals surface area contributed by atoms with Gasteiger partial charge in [-0.2, -0.15) is 0 Å². The van der Waals surface area contributed by atoms with E-state index in [9.17, 15) is 9.59 Å². The topological polar surface area (TPSA) is 98.8 Å². The van der Waals surface area contributed by atoms with E-state index in [-0.39, 0.29) is 54.7 Å². The van der Waals surface area contributed by atoms with E-state index in [1.165, 1.54) is 13.8 Å². The Balaban J connectivity index is 1.21. The van der Waals surface area contributed by atoms with Crippen molar-refractivity contribution in [2.45, 2.75) is 128 Å². The monoisotopic (exact) mass is 702 g/mol. The molecule has 51 heavy (non-hydrogen) atoms. The van der Waals surface area contributed by atoms with Crippen LogP contribution in [-0.4, -0.2) is 67.9 Å². The van der Waals surface area contributed by atoms with Gasteiger partial charge >= 0.3 is 11.9 Å². The fourth-order valence-electron chi connectivity index (χ4n) is 7.03. The molecule has 0 spiro atoms. The molecule has 3 aromatic rings. The maximum atomic E-state index is 12.0. The molecule has 6 atom stereocenters. The Labute approximate surface area is 302 Å².